The monoisotopic (exact) mass is 281 g/mol. The van der Waals surface area contributed by atoms with Crippen LogP contribution in [0.3, 0.4) is 0 Å². The van der Waals surface area contributed by atoms with Gasteiger partial charge in [-0.05, 0) is 48.7 Å². The lowest BCUT2D eigenvalue weighted by molar-refractivity contribution is 0.490. The van der Waals surface area contributed by atoms with Crippen LogP contribution in [0.25, 0.3) is 0 Å². The van der Waals surface area contributed by atoms with E-state index in [0.29, 0.717) is 6.04 Å². The molecular weight excluding hydrogens is 258 g/mol. The lowest BCUT2D eigenvalue weighted by Crippen LogP contribution is -2.37. The SMILES string of the molecule is CCNC1CCN(CCc2ccncc2)c2ccccc21. The molecule has 1 N–H and O–H groups in total. The van der Waals surface area contributed by atoms with Gasteiger partial charge in [0.25, 0.3) is 0 Å². The van der Waals surface area contributed by atoms with Gasteiger partial charge >= 0.3 is 0 Å². The van der Waals surface area contributed by atoms with Crippen molar-refractivity contribution in [1.82, 2.24) is 10.3 Å². The summed E-state index contributed by atoms with van der Waals surface area (Å²) in [6.07, 6.45) is 6.01. The zero-order chi connectivity index (χ0) is 14.5. The first kappa shape index (κ1) is 14.1. The van der Waals surface area contributed by atoms with Crippen molar-refractivity contribution in [2.75, 3.05) is 24.5 Å². The largest absolute Gasteiger partial charge is 0.371 e. The van der Waals surface area contributed by atoms with Crippen molar-refractivity contribution in [3.8, 4) is 0 Å². The number of nitrogens with one attached hydrogen (secondary N) is 1. The molecule has 0 bridgehead atoms. The molecule has 2 aromatic rings. The lowest BCUT2D eigenvalue weighted by atomic mass is 9.96. The molecule has 0 fully saturated rings. The normalized spacial score (nSPS) is 17.6. The molecule has 3 heteroatoms. The summed E-state index contributed by atoms with van der Waals surface area (Å²) in [5, 5.41) is 3.60. The van der Waals surface area contributed by atoms with Crippen molar-refractivity contribution < 1.29 is 0 Å². The number of hydrogen-bond acceptors (Lipinski definition) is 3. The van der Waals surface area contributed by atoms with Gasteiger partial charge in [0.1, 0.15) is 0 Å². The Morgan fingerprint density at radius 2 is 2.00 bits per heavy atom. The molecule has 3 rings (SSSR count). The van der Waals surface area contributed by atoms with Crippen LogP contribution >= 0.6 is 0 Å². The average Bonchev–Trinajstić information content (AvgIpc) is 2.55. The summed E-state index contributed by atoms with van der Waals surface area (Å²) in [5.74, 6) is 0. The predicted octanol–water partition coefficient (Wildman–Crippen LogP) is 3.19. The number of pyridine rings is 1. The second kappa shape index (κ2) is 6.72. The summed E-state index contributed by atoms with van der Waals surface area (Å²) < 4.78 is 0. The van der Waals surface area contributed by atoms with Crippen molar-refractivity contribution in [2.45, 2.75) is 25.8 Å². The van der Waals surface area contributed by atoms with Gasteiger partial charge in [0, 0.05) is 37.2 Å². The minimum absolute atomic E-state index is 0.503. The minimum Gasteiger partial charge on any atom is -0.371 e. The quantitative estimate of drug-likeness (QED) is 0.912. The van der Waals surface area contributed by atoms with Crippen LogP contribution in [0.15, 0.2) is 48.8 Å². The van der Waals surface area contributed by atoms with Crippen LogP contribution in [0.4, 0.5) is 5.69 Å². The fraction of sp³-hybridized carbons (Fsp3) is 0.389. The van der Waals surface area contributed by atoms with Crippen LogP contribution in [0, 0.1) is 0 Å². The third-order valence-corrected chi connectivity index (χ3v) is 4.21. The van der Waals surface area contributed by atoms with Gasteiger partial charge in [-0.25, -0.2) is 0 Å². The van der Waals surface area contributed by atoms with Crippen LogP contribution in [0.1, 0.15) is 30.5 Å². The van der Waals surface area contributed by atoms with Crippen LogP contribution in [-0.2, 0) is 6.42 Å². The third kappa shape index (κ3) is 3.24. The highest BCUT2D eigenvalue weighted by atomic mass is 15.1. The number of rotatable bonds is 5. The number of para-hydroxylation sites is 1. The molecule has 1 aliphatic heterocycles. The zero-order valence-electron chi connectivity index (χ0n) is 12.6. The number of nitrogens with zero attached hydrogens (tertiary/aromatic N) is 2. The summed E-state index contributed by atoms with van der Waals surface area (Å²) >= 11 is 0. The highest BCUT2D eigenvalue weighted by Gasteiger charge is 2.23. The Bertz CT molecular complexity index is 568. The van der Waals surface area contributed by atoms with Crippen LogP contribution in [0.5, 0.6) is 0 Å². The molecule has 0 saturated heterocycles. The molecule has 21 heavy (non-hydrogen) atoms. The summed E-state index contributed by atoms with van der Waals surface area (Å²) in [6, 6.07) is 13.5. The second-order valence-corrected chi connectivity index (χ2v) is 5.55. The number of aromatic nitrogens is 1. The van der Waals surface area contributed by atoms with E-state index in [1.807, 2.05) is 12.4 Å². The Labute approximate surface area is 127 Å². The van der Waals surface area contributed by atoms with Crippen molar-refractivity contribution in [2.24, 2.45) is 0 Å². The number of benzene rings is 1. The molecule has 0 saturated carbocycles. The zero-order valence-corrected chi connectivity index (χ0v) is 12.6. The van der Waals surface area contributed by atoms with Crippen LogP contribution in [-0.4, -0.2) is 24.6 Å². The number of anilines is 1. The van der Waals surface area contributed by atoms with Crippen molar-refractivity contribution in [3.63, 3.8) is 0 Å². The molecule has 1 atom stereocenters. The van der Waals surface area contributed by atoms with Crippen molar-refractivity contribution in [1.29, 1.82) is 0 Å². The van der Waals surface area contributed by atoms with Crippen molar-refractivity contribution in [3.05, 3.63) is 59.9 Å². The number of hydrogen-bond donors (Lipinski definition) is 1. The highest BCUT2D eigenvalue weighted by Crippen LogP contribution is 2.33. The first-order valence-corrected chi connectivity index (χ1v) is 7.84. The van der Waals surface area contributed by atoms with E-state index in [-0.39, 0.29) is 0 Å². The summed E-state index contributed by atoms with van der Waals surface area (Å²) in [6.45, 7) is 5.40. The Hall–Kier alpha value is -1.87. The first-order chi connectivity index (χ1) is 10.4. The van der Waals surface area contributed by atoms with E-state index in [0.717, 1.165) is 26.1 Å². The van der Waals surface area contributed by atoms with Gasteiger partial charge in [-0.1, -0.05) is 25.1 Å². The Kier molecular flexibility index (Phi) is 4.51. The Balaban J connectivity index is 1.73. The van der Waals surface area contributed by atoms with Crippen LogP contribution in [0.2, 0.25) is 0 Å². The molecular formula is C18H23N3. The Morgan fingerprint density at radius 3 is 2.81 bits per heavy atom. The van der Waals surface area contributed by atoms with E-state index in [2.05, 4.69) is 58.5 Å². The van der Waals surface area contributed by atoms with E-state index < -0.39 is 0 Å². The fourth-order valence-electron chi connectivity index (χ4n) is 3.14. The molecule has 0 aliphatic carbocycles. The van der Waals surface area contributed by atoms with E-state index in [9.17, 15) is 0 Å². The van der Waals surface area contributed by atoms with E-state index >= 15 is 0 Å². The minimum atomic E-state index is 0.503. The molecule has 110 valence electrons. The fourth-order valence-corrected chi connectivity index (χ4v) is 3.14. The van der Waals surface area contributed by atoms with Gasteiger partial charge < -0.3 is 10.2 Å². The molecule has 1 aromatic heterocycles. The maximum atomic E-state index is 4.08. The molecule has 1 aliphatic rings. The molecule has 1 unspecified atom stereocenters. The summed E-state index contributed by atoms with van der Waals surface area (Å²) in [7, 11) is 0. The van der Waals surface area contributed by atoms with Crippen LogP contribution < -0.4 is 10.2 Å². The van der Waals surface area contributed by atoms with Gasteiger partial charge in [-0.3, -0.25) is 4.98 Å². The topological polar surface area (TPSA) is 28.2 Å². The summed E-state index contributed by atoms with van der Waals surface area (Å²) in [4.78, 5) is 6.60. The summed E-state index contributed by atoms with van der Waals surface area (Å²) in [5.41, 5.74) is 4.19. The number of fused-ring (bicyclic) bond motifs is 1. The molecule has 0 radical (unpaired) electrons. The van der Waals surface area contributed by atoms with E-state index in [1.54, 1.807) is 0 Å². The highest BCUT2D eigenvalue weighted by molar-refractivity contribution is 5.57. The van der Waals surface area contributed by atoms with Gasteiger partial charge in [-0.2, -0.15) is 0 Å². The van der Waals surface area contributed by atoms with Gasteiger partial charge in [0.05, 0.1) is 0 Å². The van der Waals surface area contributed by atoms with Crippen molar-refractivity contribution >= 4 is 5.69 Å². The molecule has 3 nitrogen and oxygen atoms in total. The molecule has 1 aromatic carbocycles. The van der Waals surface area contributed by atoms with E-state index in [1.165, 1.54) is 23.2 Å². The average molecular weight is 281 g/mol. The maximum Gasteiger partial charge on any atom is 0.0414 e. The first-order valence-electron chi connectivity index (χ1n) is 7.84. The van der Waals surface area contributed by atoms with Gasteiger partial charge in [-0.15, -0.1) is 0 Å². The molecule has 0 amide bonds. The van der Waals surface area contributed by atoms with E-state index in [4.69, 9.17) is 0 Å². The smallest absolute Gasteiger partial charge is 0.0414 e. The maximum absolute atomic E-state index is 4.08. The van der Waals surface area contributed by atoms with Gasteiger partial charge in [0.15, 0.2) is 0 Å². The second-order valence-electron chi connectivity index (χ2n) is 5.55. The third-order valence-electron chi connectivity index (χ3n) is 4.21. The predicted molar refractivity (Wildman–Crippen MR) is 87.6 cm³/mol. The molecule has 2 heterocycles. The standard InChI is InChI=1S/C18H23N3/c1-2-20-17-10-14-21(18-6-4-3-5-16(17)18)13-9-15-7-11-19-12-8-15/h3-8,11-12,17,20H,2,9-10,13-14H2,1H3. The lowest BCUT2D eigenvalue weighted by Gasteiger charge is -2.36. The van der Waals surface area contributed by atoms with Gasteiger partial charge in [0.2, 0.25) is 0 Å². The molecule has 0 spiro atoms. The Morgan fingerprint density at radius 1 is 1.19 bits per heavy atom.